The predicted molar refractivity (Wildman–Crippen MR) is 105 cm³/mol. The van der Waals surface area contributed by atoms with E-state index in [1.807, 2.05) is 18.2 Å². The molecule has 0 saturated carbocycles. The first-order valence-corrected chi connectivity index (χ1v) is 9.34. The molecule has 0 aliphatic rings. The summed E-state index contributed by atoms with van der Waals surface area (Å²) >= 11 is 0. The molecule has 156 valence electrons. The minimum Gasteiger partial charge on any atom is -0.444 e. The van der Waals surface area contributed by atoms with E-state index in [1.165, 1.54) is 7.05 Å². The zero-order valence-corrected chi connectivity index (χ0v) is 17.1. The molecule has 1 aromatic carbocycles. The SMILES string of the molecule is CNC(=O)[C@H](CCCCN)N(C(=O)OCc1ccccc1)C(=O)OC(C)(C)C. The second kappa shape index (κ2) is 11.3. The third kappa shape index (κ3) is 7.96. The van der Waals surface area contributed by atoms with Crippen LogP contribution in [0.4, 0.5) is 9.59 Å². The molecule has 0 unspecified atom stereocenters. The van der Waals surface area contributed by atoms with Crippen LogP contribution in [-0.2, 0) is 20.9 Å². The van der Waals surface area contributed by atoms with Gasteiger partial charge in [-0.3, -0.25) is 4.79 Å². The molecule has 1 atom stereocenters. The Bertz CT molecular complexity index is 643. The normalized spacial score (nSPS) is 12.0. The number of nitrogens with one attached hydrogen (secondary N) is 1. The van der Waals surface area contributed by atoms with Crippen molar-refractivity contribution in [1.82, 2.24) is 10.2 Å². The highest BCUT2D eigenvalue weighted by atomic mass is 16.6. The smallest absolute Gasteiger partial charge is 0.420 e. The molecule has 8 heteroatoms. The number of rotatable bonds is 8. The largest absolute Gasteiger partial charge is 0.444 e. The van der Waals surface area contributed by atoms with Gasteiger partial charge >= 0.3 is 12.2 Å². The summed E-state index contributed by atoms with van der Waals surface area (Å²) in [6.45, 7) is 5.47. The molecule has 8 nitrogen and oxygen atoms in total. The average Bonchev–Trinajstić information content (AvgIpc) is 2.64. The van der Waals surface area contributed by atoms with Gasteiger partial charge in [-0.05, 0) is 52.1 Å². The molecule has 28 heavy (non-hydrogen) atoms. The summed E-state index contributed by atoms with van der Waals surface area (Å²) in [6.07, 6.45) is -0.364. The quantitative estimate of drug-likeness (QED) is 0.657. The van der Waals surface area contributed by atoms with E-state index in [2.05, 4.69) is 5.32 Å². The average molecular weight is 393 g/mol. The standard InChI is InChI=1S/C20H31N3O5/c1-20(2,3)28-19(26)23(16(17(24)22-4)12-8-9-13-21)18(25)27-14-15-10-6-5-7-11-15/h5-7,10-11,16H,8-9,12-14,21H2,1-4H3,(H,22,24)/t16-/m0/s1. The van der Waals surface area contributed by atoms with Gasteiger partial charge in [0.25, 0.3) is 0 Å². The number of ether oxygens (including phenoxy) is 2. The lowest BCUT2D eigenvalue weighted by Crippen LogP contribution is -2.53. The van der Waals surface area contributed by atoms with Gasteiger partial charge in [0.15, 0.2) is 0 Å². The zero-order valence-electron chi connectivity index (χ0n) is 17.1. The second-order valence-corrected chi connectivity index (χ2v) is 7.31. The summed E-state index contributed by atoms with van der Waals surface area (Å²) < 4.78 is 10.6. The third-order valence-corrected chi connectivity index (χ3v) is 3.78. The molecule has 0 radical (unpaired) electrons. The minimum absolute atomic E-state index is 0.0256. The van der Waals surface area contributed by atoms with Crippen LogP contribution in [0, 0.1) is 0 Å². The molecule has 0 bridgehead atoms. The van der Waals surface area contributed by atoms with E-state index in [4.69, 9.17) is 15.2 Å². The van der Waals surface area contributed by atoms with Gasteiger partial charge in [-0.15, -0.1) is 0 Å². The number of nitrogens with two attached hydrogens (primary N) is 1. The summed E-state index contributed by atoms with van der Waals surface area (Å²) in [5.41, 5.74) is 5.45. The second-order valence-electron chi connectivity index (χ2n) is 7.31. The Balaban J connectivity index is 3.04. The summed E-state index contributed by atoms with van der Waals surface area (Å²) in [6, 6.07) is 8.02. The highest BCUT2D eigenvalue weighted by Gasteiger charge is 2.38. The number of imide groups is 1. The monoisotopic (exact) mass is 393 g/mol. The fourth-order valence-corrected chi connectivity index (χ4v) is 2.46. The van der Waals surface area contributed by atoms with Crippen molar-refractivity contribution in [3.63, 3.8) is 0 Å². The lowest BCUT2D eigenvalue weighted by atomic mass is 10.1. The van der Waals surface area contributed by atoms with Crippen molar-refractivity contribution in [2.75, 3.05) is 13.6 Å². The first-order chi connectivity index (χ1) is 13.2. The van der Waals surface area contributed by atoms with Gasteiger partial charge in [0.1, 0.15) is 18.2 Å². The number of carbonyl (C=O) groups excluding carboxylic acids is 3. The van der Waals surface area contributed by atoms with Crippen LogP contribution in [0.5, 0.6) is 0 Å². The van der Waals surface area contributed by atoms with Crippen LogP contribution in [0.3, 0.4) is 0 Å². The van der Waals surface area contributed by atoms with Gasteiger partial charge in [-0.25, -0.2) is 9.59 Å². The Labute approximate surface area is 166 Å². The number of amides is 3. The Hall–Kier alpha value is -2.61. The van der Waals surface area contributed by atoms with Crippen LogP contribution in [0.2, 0.25) is 0 Å². The summed E-state index contributed by atoms with van der Waals surface area (Å²) in [4.78, 5) is 38.6. The molecule has 1 aromatic rings. The molecule has 3 N–H and O–H groups in total. The molecule has 1 rings (SSSR count). The number of hydrogen-bond donors (Lipinski definition) is 2. The molecule has 0 heterocycles. The predicted octanol–water partition coefficient (Wildman–Crippen LogP) is 2.80. The highest BCUT2D eigenvalue weighted by molar-refractivity contribution is 5.95. The number of nitrogens with zero attached hydrogens (tertiary/aromatic N) is 1. The van der Waals surface area contributed by atoms with E-state index < -0.39 is 29.7 Å². The first-order valence-electron chi connectivity index (χ1n) is 9.34. The molecular weight excluding hydrogens is 362 g/mol. The van der Waals surface area contributed by atoms with Gasteiger partial charge in [0, 0.05) is 7.05 Å². The molecule has 0 aromatic heterocycles. The molecule has 0 aliphatic carbocycles. The van der Waals surface area contributed by atoms with Crippen LogP contribution in [0.25, 0.3) is 0 Å². The van der Waals surface area contributed by atoms with Gasteiger partial charge in [-0.1, -0.05) is 30.3 Å². The third-order valence-electron chi connectivity index (χ3n) is 3.78. The Morgan fingerprint density at radius 1 is 1.11 bits per heavy atom. The molecule has 0 spiro atoms. The van der Waals surface area contributed by atoms with Crippen molar-refractivity contribution < 1.29 is 23.9 Å². The van der Waals surface area contributed by atoms with Crippen LogP contribution < -0.4 is 11.1 Å². The van der Waals surface area contributed by atoms with Crippen molar-refractivity contribution in [1.29, 1.82) is 0 Å². The minimum atomic E-state index is -1.05. The van der Waals surface area contributed by atoms with Crippen molar-refractivity contribution in [2.45, 2.75) is 58.3 Å². The lowest BCUT2D eigenvalue weighted by molar-refractivity contribution is -0.125. The van der Waals surface area contributed by atoms with Crippen molar-refractivity contribution in [2.24, 2.45) is 5.73 Å². The maximum Gasteiger partial charge on any atom is 0.420 e. The molecule has 0 fully saturated rings. The van der Waals surface area contributed by atoms with Crippen LogP contribution >= 0.6 is 0 Å². The summed E-state index contributed by atoms with van der Waals surface area (Å²) in [7, 11) is 1.45. The fraction of sp³-hybridized carbons (Fsp3) is 0.550. The van der Waals surface area contributed by atoms with E-state index >= 15 is 0 Å². The highest BCUT2D eigenvalue weighted by Crippen LogP contribution is 2.18. The van der Waals surface area contributed by atoms with Crippen LogP contribution in [-0.4, -0.2) is 48.2 Å². The maximum absolute atomic E-state index is 12.7. The number of carbonyl (C=O) groups is 3. The van der Waals surface area contributed by atoms with E-state index in [-0.39, 0.29) is 13.0 Å². The van der Waals surface area contributed by atoms with Crippen LogP contribution in [0.1, 0.15) is 45.6 Å². The van der Waals surface area contributed by atoms with Gasteiger partial charge in [0.2, 0.25) is 5.91 Å². The number of likely N-dealkylation sites (N-methyl/N-ethyl adjacent to an activating group) is 1. The van der Waals surface area contributed by atoms with E-state index in [9.17, 15) is 14.4 Å². The zero-order chi connectivity index (χ0) is 21.2. The van der Waals surface area contributed by atoms with Crippen molar-refractivity contribution in [3.05, 3.63) is 35.9 Å². The molecule has 3 amide bonds. The summed E-state index contributed by atoms with van der Waals surface area (Å²) in [5.74, 6) is -0.473. The van der Waals surface area contributed by atoms with Crippen molar-refractivity contribution >= 4 is 18.1 Å². The molecule has 0 saturated heterocycles. The number of benzene rings is 1. The van der Waals surface area contributed by atoms with Crippen molar-refractivity contribution in [3.8, 4) is 0 Å². The van der Waals surface area contributed by atoms with E-state index in [0.29, 0.717) is 19.4 Å². The molecular formula is C20H31N3O5. The van der Waals surface area contributed by atoms with Gasteiger partial charge in [0.05, 0.1) is 0 Å². The van der Waals surface area contributed by atoms with Gasteiger partial charge < -0.3 is 20.5 Å². The van der Waals surface area contributed by atoms with Gasteiger partial charge in [-0.2, -0.15) is 4.90 Å². The number of hydrogen-bond acceptors (Lipinski definition) is 6. The Morgan fingerprint density at radius 3 is 2.29 bits per heavy atom. The molecule has 0 aliphatic heterocycles. The Kier molecular flexibility index (Phi) is 9.44. The topological polar surface area (TPSA) is 111 Å². The lowest BCUT2D eigenvalue weighted by Gasteiger charge is -2.30. The van der Waals surface area contributed by atoms with Crippen LogP contribution in [0.15, 0.2) is 30.3 Å². The summed E-state index contributed by atoms with van der Waals surface area (Å²) in [5, 5.41) is 2.49. The first kappa shape index (κ1) is 23.4. The Morgan fingerprint density at radius 2 is 1.75 bits per heavy atom. The van der Waals surface area contributed by atoms with E-state index in [1.54, 1.807) is 32.9 Å². The van der Waals surface area contributed by atoms with E-state index in [0.717, 1.165) is 10.5 Å². The fourth-order valence-electron chi connectivity index (χ4n) is 2.46. The number of unbranched alkanes of at least 4 members (excludes halogenated alkanes) is 1. The maximum atomic E-state index is 12.7.